The second-order valence-corrected chi connectivity index (χ2v) is 7.14. The first kappa shape index (κ1) is 26.1. The van der Waals surface area contributed by atoms with Gasteiger partial charge in [0.25, 0.3) is 0 Å². The molecule has 4 aromatic rings. The molecule has 0 aliphatic rings. The van der Waals surface area contributed by atoms with Crippen LogP contribution in [-0.2, 0) is 26.2 Å². The number of rotatable bonds is 2. The van der Waals surface area contributed by atoms with Crippen LogP contribution >= 0.6 is 0 Å². The molecule has 0 heterocycles. The van der Waals surface area contributed by atoms with E-state index in [9.17, 15) is 0 Å². The van der Waals surface area contributed by atoms with E-state index in [2.05, 4.69) is 100 Å². The largest absolute Gasteiger partial charge is 4.00 e. The number of benzene rings is 2. The van der Waals surface area contributed by atoms with Gasteiger partial charge in [-0.1, -0.05) is 39.8 Å². The van der Waals surface area contributed by atoms with Crippen molar-refractivity contribution in [1.29, 1.82) is 0 Å². The van der Waals surface area contributed by atoms with Crippen LogP contribution in [0.2, 0.25) is 0 Å². The van der Waals surface area contributed by atoms with Crippen molar-refractivity contribution < 1.29 is 51.0 Å². The van der Waals surface area contributed by atoms with Crippen molar-refractivity contribution >= 4 is 21.5 Å². The summed E-state index contributed by atoms with van der Waals surface area (Å²) >= 11 is 0. The molecule has 0 nitrogen and oxygen atoms in total. The summed E-state index contributed by atoms with van der Waals surface area (Å²) in [7, 11) is 0. The average Bonchev–Trinajstić information content (AvgIpc) is 3.19. The molecular formula is C24H26Cl2Zr. The second kappa shape index (κ2) is 11.9. The average molecular weight is 477 g/mol. The van der Waals surface area contributed by atoms with Gasteiger partial charge in [0, 0.05) is 0 Å². The van der Waals surface area contributed by atoms with Gasteiger partial charge in [0.15, 0.2) is 0 Å². The molecule has 0 saturated carbocycles. The van der Waals surface area contributed by atoms with Gasteiger partial charge < -0.3 is 24.8 Å². The van der Waals surface area contributed by atoms with Crippen LogP contribution in [0, 0.1) is 0 Å². The molecule has 0 saturated heterocycles. The normalized spacial score (nSPS) is 10.0. The van der Waals surface area contributed by atoms with Gasteiger partial charge in [-0.2, -0.15) is 12.1 Å². The molecule has 0 aliphatic carbocycles. The van der Waals surface area contributed by atoms with Crippen LogP contribution < -0.4 is 24.8 Å². The summed E-state index contributed by atoms with van der Waals surface area (Å²) in [6.45, 7) is 8.92. The first-order chi connectivity index (χ1) is 11.5. The molecule has 0 aromatic heterocycles. The summed E-state index contributed by atoms with van der Waals surface area (Å²) in [4.78, 5) is 0. The van der Waals surface area contributed by atoms with Gasteiger partial charge in [0.2, 0.25) is 0 Å². The quantitative estimate of drug-likeness (QED) is 0.384. The molecule has 4 rings (SSSR count). The zero-order valence-corrected chi connectivity index (χ0v) is 20.3. The van der Waals surface area contributed by atoms with Crippen molar-refractivity contribution in [1.82, 2.24) is 0 Å². The zero-order valence-electron chi connectivity index (χ0n) is 16.3. The first-order valence-electron chi connectivity index (χ1n) is 8.85. The van der Waals surface area contributed by atoms with E-state index in [0.29, 0.717) is 11.8 Å². The molecule has 4 aromatic carbocycles. The maximum absolute atomic E-state index is 2.28. The monoisotopic (exact) mass is 474 g/mol. The first-order valence-corrected chi connectivity index (χ1v) is 8.85. The van der Waals surface area contributed by atoms with Gasteiger partial charge in [-0.25, -0.2) is 0 Å². The minimum atomic E-state index is 0. The number of hydrogen-bond donors (Lipinski definition) is 0. The van der Waals surface area contributed by atoms with Gasteiger partial charge in [-0.05, 0) is 11.8 Å². The van der Waals surface area contributed by atoms with E-state index in [1.54, 1.807) is 0 Å². The zero-order chi connectivity index (χ0) is 17.1. The molecule has 140 valence electrons. The molecule has 0 atom stereocenters. The number of halogens is 2. The van der Waals surface area contributed by atoms with E-state index < -0.39 is 0 Å². The van der Waals surface area contributed by atoms with Crippen LogP contribution in [0.1, 0.15) is 50.7 Å². The van der Waals surface area contributed by atoms with E-state index >= 15 is 0 Å². The molecule has 0 unspecified atom stereocenters. The van der Waals surface area contributed by atoms with E-state index in [-0.39, 0.29) is 51.0 Å². The van der Waals surface area contributed by atoms with Gasteiger partial charge in [-0.3, -0.25) is 0 Å². The summed E-state index contributed by atoms with van der Waals surface area (Å²) in [5.41, 5.74) is 2.88. The fraction of sp³-hybridized carbons (Fsp3) is 0.250. The smallest absolute Gasteiger partial charge is 1.00 e. The Morgan fingerprint density at radius 1 is 0.593 bits per heavy atom. The van der Waals surface area contributed by atoms with Crippen LogP contribution in [0.5, 0.6) is 0 Å². The maximum Gasteiger partial charge on any atom is 4.00 e. The Morgan fingerprint density at radius 3 is 1.22 bits per heavy atom. The molecular weight excluding hydrogens is 450 g/mol. The van der Waals surface area contributed by atoms with Gasteiger partial charge in [0.1, 0.15) is 0 Å². The molecule has 27 heavy (non-hydrogen) atoms. The molecule has 0 N–H and O–H groups in total. The summed E-state index contributed by atoms with van der Waals surface area (Å²) in [5.74, 6) is 1.27. The standard InChI is InChI=1S/2C12H13.2ClH.Zr/c2*1-9(2)12-7-10-5-3-4-6-11(10)8-12;;;/h2*3-9H,1-2H3;2*1H;/q2*-1;;;+4/p-2. The van der Waals surface area contributed by atoms with Gasteiger partial charge in [0.05, 0.1) is 0 Å². The molecule has 0 aliphatic heterocycles. The molecule has 3 heteroatoms. The predicted molar refractivity (Wildman–Crippen MR) is 107 cm³/mol. The Balaban J connectivity index is 0.000000451. The number of fused-ring (bicyclic) bond motifs is 2. The third kappa shape index (κ3) is 6.60. The second-order valence-electron chi connectivity index (χ2n) is 7.14. The molecule has 0 fully saturated rings. The SMILES string of the molecule is CC(C)c1cc2ccccc2[cH-]1.CC(C)c1cc2ccccc2[cH-]1.[Cl-].[Cl-].[Zr+4]. The van der Waals surface area contributed by atoms with Gasteiger partial charge >= 0.3 is 26.2 Å². The van der Waals surface area contributed by atoms with Crippen LogP contribution in [-0.4, -0.2) is 0 Å². The van der Waals surface area contributed by atoms with Gasteiger partial charge in [-0.15, -0.1) is 81.2 Å². The minimum absolute atomic E-state index is 0. The van der Waals surface area contributed by atoms with E-state index in [0.717, 1.165) is 0 Å². The van der Waals surface area contributed by atoms with Crippen molar-refractivity contribution in [3.05, 3.63) is 83.9 Å². The molecule has 0 spiro atoms. The van der Waals surface area contributed by atoms with E-state index in [1.165, 1.54) is 32.7 Å². The fourth-order valence-electron chi connectivity index (χ4n) is 3.02. The van der Waals surface area contributed by atoms with Crippen molar-refractivity contribution in [2.75, 3.05) is 0 Å². The van der Waals surface area contributed by atoms with Crippen LogP contribution in [0.25, 0.3) is 21.5 Å². The topological polar surface area (TPSA) is 0 Å². The summed E-state index contributed by atoms with van der Waals surface area (Å²) < 4.78 is 0. The Labute approximate surface area is 195 Å². The molecule has 0 radical (unpaired) electrons. The summed E-state index contributed by atoms with van der Waals surface area (Å²) in [6.07, 6.45) is 0. The van der Waals surface area contributed by atoms with Crippen LogP contribution in [0.15, 0.2) is 72.8 Å². The molecule has 0 amide bonds. The van der Waals surface area contributed by atoms with Crippen molar-refractivity contribution in [3.8, 4) is 0 Å². The summed E-state index contributed by atoms with van der Waals surface area (Å²) in [5, 5.41) is 5.45. The van der Waals surface area contributed by atoms with Crippen LogP contribution in [0.4, 0.5) is 0 Å². The Morgan fingerprint density at radius 2 is 0.926 bits per heavy atom. The minimum Gasteiger partial charge on any atom is -1.00 e. The fourth-order valence-corrected chi connectivity index (χ4v) is 3.02. The molecule has 0 bridgehead atoms. The van der Waals surface area contributed by atoms with E-state index in [1.807, 2.05) is 0 Å². The number of hydrogen-bond acceptors (Lipinski definition) is 0. The Kier molecular flexibility index (Phi) is 11.5. The third-order valence-electron chi connectivity index (χ3n) is 4.61. The van der Waals surface area contributed by atoms with Crippen molar-refractivity contribution in [2.24, 2.45) is 0 Å². The Hall–Kier alpha value is -0.877. The van der Waals surface area contributed by atoms with Crippen molar-refractivity contribution in [3.63, 3.8) is 0 Å². The summed E-state index contributed by atoms with van der Waals surface area (Å²) in [6, 6.07) is 26.1. The van der Waals surface area contributed by atoms with E-state index in [4.69, 9.17) is 0 Å². The van der Waals surface area contributed by atoms with Crippen molar-refractivity contribution in [2.45, 2.75) is 39.5 Å². The third-order valence-corrected chi connectivity index (χ3v) is 4.61. The predicted octanol–water partition coefficient (Wildman–Crippen LogP) is 1.37. The Bertz CT molecular complexity index is 788. The van der Waals surface area contributed by atoms with Crippen LogP contribution in [0.3, 0.4) is 0 Å². The maximum atomic E-state index is 2.28.